The predicted molar refractivity (Wildman–Crippen MR) is 87.6 cm³/mol. The Morgan fingerprint density at radius 2 is 1.95 bits per heavy atom. The summed E-state index contributed by atoms with van der Waals surface area (Å²) >= 11 is 0. The number of hydrogen-bond donors (Lipinski definition) is 2. The van der Waals surface area contributed by atoms with Crippen LogP contribution < -0.4 is 10.6 Å². The topological polar surface area (TPSA) is 67.4 Å². The Balaban J connectivity index is 2.58. The summed E-state index contributed by atoms with van der Waals surface area (Å²) < 4.78 is 5.26. The average Bonchev–Trinajstić information content (AvgIpc) is 2.78. The number of rotatable bonds is 6. The van der Waals surface area contributed by atoms with E-state index >= 15 is 0 Å². The van der Waals surface area contributed by atoms with Gasteiger partial charge in [0.15, 0.2) is 0 Å². The van der Waals surface area contributed by atoms with E-state index in [9.17, 15) is 9.59 Å². The molecule has 0 heterocycles. The first-order chi connectivity index (χ1) is 10.2. The van der Waals surface area contributed by atoms with E-state index in [1.807, 2.05) is 20.8 Å². The van der Waals surface area contributed by atoms with E-state index in [0.29, 0.717) is 12.3 Å². The van der Waals surface area contributed by atoms with Crippen molar-refractivity contribution in [1.82, 2.24) is 10.6 Å². The third-order valence-electron chi connectivity index (χ3n) is 4.04. The van der Waals surface area contributed by atoms with Crippen molar-refractivity contribution >= 4 is 12.0 Å². The number of carbonyl (C=O) groups excluding carboxylic acids is 2. The van der Waals surface area contributed by atoms with Crippen molar-refractivity contribution in [2.45, 2.75) is 90.8 Å². The lowest BCUT2D eigenvalue weighted by molar-refractivity contribution is -0.124. The van der Waals surface area contributed by atoms with Gasteiger partial charge in [0.1, 0.15) is 11.6 Å². The van der Waals surface area contributed by atoms with Crippen LogP contribution in [0.1, 0.15) is 73.1 Å². The van der Waals surface area contributed by atoms with Gasteiger partial charge < -0.3 is 15.4 Å². The molecule has 0 aliphatic heterocycles. The highest BCUT2D eigenvalue weighted by Gasteiger charge is 2.29. The number of amides is 2. The summed E-state index contributed by atoms with van der Waals surface area (Å²) in [7, 11) is 0. The largest absolute Gasteiger partial charge is 0.444 e. The van der Waals surface area contributed by atoms with Gasteiger partial charge in [0.2, 0.25) is 5.91 Å². The second-order valence-corrected chi connectivity index (χ2v) is 7.36. The summed E-state index contributed by atoms with van der Waals surface area (Å²) in [4.78, 5) is 24.4. The van der Waals surface area contributed by atoms with Gasteiger partial charge in [-0.3, -0.25) is 4.79 Å². The first kappa shape index (κ1) is 18.8. The van der Waals surface area contributed by atoms with Crippen LogP contribution >= 0.6 is 0 Å². The standard InChI is InChI=1S/C17H32N2O3/c1-6-7-10-14(19-16(21)22-17(3,4)5)15(20)18-13-11-8-9-12(13)2/h12-14H,6-11H2,1-5H3,(H,18,20)(H,19,21)/t12-,13+,14+/m1/s1. The van der Waals surface area contributed by atoms with E-state index in [-0.39, 0.29) is 11.9 Å². The van der Waals surface area contributed by atoms with Gasteiger partial charge in [0.25, 0.3) is 0 Å². The van der Waals surface area contributed by atoms with Crippen LogP contribution in [0.15, 0.2) is 0 Å². The van der Waals surface area contributed by atoms with Crippen molar-refractivity contribution in [3.63, 3.8) is 0 Å². The zero-order valence-electron chi connectivity index (χ0n) is 14.7. The molecule has 0 aromatic carbocycles. The second kappa shape index (κ2) is 8.39. The van der Waals surface area contributed by atoms with Gasteiger partial charge in [-0.2, -0.15) is 0 Å². The maximum absolute atomic E-state index is 12.5. The Labute approximate surface area is 134 Å². The highest BCUT2D eigenvalue weighted by molar-refractivity contribution is 5.85. The minimum atomic E-state index is -0.560. The lowest BCUT2D eigenvalue weighted by atomic mass is 10.0. The molecule has 0 aromatic heterocycles. The van der Waals surface area contributed by atoms with Crippen molar-refractivity contribution in [2.75, 3.05) is 0 Å². The minimum absolute atomic E-state index is 0.0851. The van der Waals surface area contributed by atoms with Gasteiger partial charge in [-0.15, -0.1) is 0 Å². The number of unbranched alkanes of at least 4 members (excludes halogenated alkanes) is 1. The predicted octanol–water partition coefficient (Wildman–Crippen LogP) is 3.37. The van der Waals surface area contributed by atoms with E-state index in [4.69, 9.17) is 4.74 Å². The van der Waals surface area contributed by atoms with Crippen LogP contribution in [0.3, 0.4) is 0 Å². The van der Waals surface area contributed by atoms with E-state index < -0.39 is 17.7 Å². The monoisotopic (exact) mass is 312 g/mol. The number of carbonyl (C=O) groups is 2. The van der Waals surface area contributed by atoms with Crippen LogP contribution in [0.25, 0.3) is 0 Å². The summed E-state index contributed by atoms with van der Waals surface area (Å²) in [6.07, 6.45) is 5.34. The first-order valence-electron chi connectivity index (χ1n) is 8.53. The molecule has 0 aromatic rings. The van der Waals surface area contributed by atoms with Gasteiger partial charge in [-0.1, -0.05) is 33.1 Å². The highest BCUT2D eigenvalue weighted by Crippen LogP contribution is 2.24. The Bertz CT molecular complexity index is 377. The highest BCUT2D eigenvalue weighted by atomic mass is 16.6. The molecule has 5 heteroatoms. The molecular weight excluding hydrogens is 280 g/mol. The first-order valence-corrected chi connectivity index (χ1v) is 8.53. The molecule has 0 radical (unpaired) electrons. The van der Waals surface area contributed by atoms with E-state index in [1.165, 1.54) is 0 Å². The van der Waals surface area contributed by atoms with Crippen LogP contribution in [0.5, 0.6) is 0 Å². The van der Waals surface area contributed by atoms with Crippen molar-refractivity contribution in [1.29, 1.82) is 0 Å². The molecule has 0 saturated heterocycles. The van der Waals surface area contributed by atoms with E-state index in [2.05, 4.69) is 24.5 Å². The fourth-order valence-electron chi connectivity index (χ4n) is 2.77. The van der Waals surface area contributed by atoms with Gasteiger partial charge in [-0.25, -0.2) is 4.79 Å². The Kier molecular flexibility index (Phi) is 7.17. The summed E-state index contributed by atoms with van der Waals surface area (Å²) in [6, 6.07) is -0.278. The molecule has 2 N–H and O–H groups in total. The molecule has 1 aliphatic rings. The SMILES string of the molecule is CCCC[C@H](NC(=O)OC(C)(C)C)C(=O)N[C@H]1CCC[C@H]1C. The Morgan fingerprint density at radius 3 is 2.45 bits per heavy atom. The molecule has 0 unspecified atom stereocenters. The third-order valence-corrected chi connectivity index (χ3v) is 4.04. The third kappa shape index (κ3) is 6.67. The lowest BCUT2D eigenvalue weighted by Gasteiger charge is -2.25. The van der Waals surface area contributed by atoms with Crippen molar-refractivity contribution in [3.05, 3.63) is 0 Å². The van der Waals surface area contributed by atoms with E-state index in [0.717, 1.165) is 32.1 Å². The van der Waals surface area contributed by atoms with Crippen LogP contribution in [0.2, 0.25) is 0 Å². The number of nitrogens with one attached hydrogen (secondary N) is 2. The van der Waals surface area contributed by atoms with E-state index in [1.54, 1.807) is 0 Å². The zero-order valence-corrected chi connectivity index (χ0v) is 14.7. The fourth-order valence-corrected chi connectivity index (χ4v) is 2.77. The summed E-state index contributed by atoms with van der Waals surface area (Å²) in [5, 5.41) is 5.82. The van der Waals surface area contributed by atoms with Gasteiger partial charge in [0, 0.05) is 6.04 Å². The molecule has 0 bridgehead atoms. The van der Waals surface area contributed by atoms with Crippen molar-refractivity contribution in [2.24, 2.45) is 5.92 Å². The Morgan fingerprint density at radius 1 is 1.27 bits per heavy atom. The average molecular weight is 312 g/mol. The van der Waals surface area contributed by atoms with Gasteiger partial charge in [-0.05, 0) is 46.0 Å². The fraction of sp³-hybridized carbons (Fsp3) is 0.882. The molecule has 5 nitrogen and oxygen atoms in total. The summed E-state index contributed by atoms with van der Waals surface area (Å²) in [5.74, 6) is 0.426. The second-order valence-electron chi connectivity index (χ2n) is 7.36. The molecule has 2 amide bonds. The molecule has 1 fully saturated rings. The molecule has 0 spiro atoms. The Hall–Kier alpha value is -1.26. The van der Waals surface area contributed by atoms with Crippen molar-refractivity contribution in [3.8, 4) is 0 Å². The summed E-state index contributed by atoms with van der Waals surface area (Å²) in [5.41, 5.74) is -0.560. The molecule has 1 saturated carbocycles. The smallest absolute Gasteiger partial charge is 0.408 e. The number of ether oxygens (including phenoxy) is 1. The van der Waals surface area contributed by atoms with Gasteiger partial charge in [0.05, 0.1) is 0 Å². The molecule has 1 aliphatic carbocycles. The van der Waals surface area contributed by atoms with Gasteiger partial charge >= 0.3 is 6.09 Å². The number of hydrogen-bond acceptors (Lipinski definition) is 3. The summed E-state index contributed by atoms with van der Waals surface area (Å²) in [6.45, 7) is 9.68. The quantitative estimate of drug-likeness (QED) is 0.790. The van der Waals surface area contributed by atoms with Crippen LogP contribution in [-0.4, -0.2) is 29.7 Å². The van der Waals surface area contributed by atoms with Crippen molar-refractivity contribution < 1.29 is 14.3 Å². The van der Waals surface area contributed by atoms with Crippen LogP contribution in [0.4, 0.5) is 4.79 Å². The maximum Gasteiger partial charge on any atom is 0.408 e. The lowest BCUT2D eigenvalue weighted by Crippen LogP contribution is -2.51. The maximum atomic E-state index is 12.5. The molecule has 1 rings (SSSR count). The number of alkyl carbamates (subject to hydrolysis) is 1. The molecule has 3 atom stereocenters. The zero-order chi connectivity index (χ0) is 16.8. The van der Waals surface area contributed by atoms with Crippen LogP contribution in [0, 0.1) is 5.92 Å². The minimum Gasteiger partial charge on any atom is -0.444 e. The molecule has 22 heavy (non-hydrogen) atoms. The molecular formula is C17H32N2O3. The molecule has 128 valence electrons. The van der Waals surface area contributed by atoms with Crippen LogP contribution in [-0.2, 0) is 9.53 Å². The normalized spacial score (nSPS) is 23.0.